The summed E-state index contributed by atoms with van der Waals surface area (Å²) in [5.74, 6) is -0.328. The van der Waals surface area contributed by atoms with E-state index in [0.29, 0.717) is 11.3 Å². The Labute approximate surface area is 106 Å². The van der Waals surface area contributed by atoms with Crippen LogP contribution in [0, 0.1) is 6.92 Å². The molecule has 3 heteroatoms. The van der Waals surface area contributed by atoms with Crippen LogP contribution in [0.1, 0.15) is 15.9 Å². The standard InChI is InChI=1S/C15H15NO2/c1-10-4-3-5-13(15(17)18-2)14(10)11-6-8-12(16)9-7-11/h3-9H,16H2,1-2H3. The third-order valence-electron chi connectivity index (χ3n) is 2.88. The van der Waals surface area contributed by atoms with Crippen molar-refractivity contribution in [2.24, 2.45) is 0 Å². The normalized spacial score (nSPS) is 10.1. The maximum Gasteiger partial charge on any atom is 0.338 e. The number of aryl methyl sites for hydroxylation is 1. The van der Waals surface area contributed by atoms with Gasteiger partial charge in [-0.3, -0.25) is 0 Å². The van der Waals surface area contributed by atoms with Crippen LogP contribution in [0.15, 0.2) is 42.5 Å². The number of ether oxygens (including phenoxy) is 1. The Hall–Kier alpha value is -2.29. The maximum absolute atomic E-state index is 11.8. The molecular formula is C15H15NO2. The number of carbonyl (C=O) groups is 1. The van der Waals surface area contributed by atoms with Gasteiger partial charge in [-0.2, -0.15) is 0 Å². The Kier molecular flexibility index (Phi) is 3.33. The van der Waals surface area contributed by atoms with E-state index in [1.54, 1.807) is 6.07 Å². The molecule has 0 amide bonds. The average molecular weight is 241 g/mol. The van der Waals surface area contributed by atoms with E-state index in [1.807, 2.05) is 43.3 Å². The number of carbonyl (C=O) groups excluding carboxylic acids is 1. The minimum Gasteiger partial charge on any atom is -0.465 e. The Morgan fingerprint density at radius 3 is 2.39 bits per heavy atom. The summed E-state index contributed by atoms with van der Waals surface area (Å²) in [5.41, 5.74) is 9.83. The van der Waals surface area contributed by atoms with Gasteiger partial charge >= 0.3 is 5.97 Å². The molecule has 0 aliphatic carbocycles. The first-order valence-corrected chi connectivity index (χ1v) is 5.67. The van der Waals surface area contributed by atoms with Crippen molar-refractivity contribution in [1.29, 1.82) is 0 Å². The zero-order valence-corrected chi connectivity index (χ0v) is 10.4. The summed E-state index contributed by atoms with van der Waals surface area (Å²) in [6.07, 6.45) is 0. The lowest BCUT2D eigenvalue weighted by atomic mass is 9.95. The summed E-state index contributed by atoms with van der Waals surface area (Å²) in [6.45, 7) is 1.97. The summed E-state index contributed by atoms with van der Waals surface area (Å²) in [5, 5.41) is 0. The van der Waals surface area contributed by atoms with Crippen LogP contribution in [-0.2, 0) is 4.74 Å². The molecule has 2 aromatic rings. The molecule has 2 aromatic carbocycles. The van der Waals surface area contributed by atoms with Gasteiger partial charge in [0.15, 0.2) is 0 Å². The number of esters is 1. The monoisotopic (exact) mass is 241 g/mol. The van der Waals surface area contributed by atoms with Crippen LogP contribution in [0.5, 0.6) is 0 Å². The van der Waals surface area contributed by atoms with Crippen LogP contribution in [-0.4, -0.2) is 13.1 Å². The van der Waals surface area contributed by atoms with E-state index in [4.69, 9.17) is 10.5 Å². The van der Waals surface area contributed by atoms with E-state index in [2.05, 4.69) is 0 Å². The molecule has 0 saturated heterocycles. The van der Waals surface area contributed by atoms with Gasteiger partial charge in [0.2, 0.25) is 0 Å². The number of nitrogen functional groups attached to an aromatic ring is 1. The molecular weight excluding hydrogens is 226 g/mol. The number of methoxy groups -OCH3 is 1. The maximum atomic E-state index is 11.8. The van der Waals surface area contributed by atoms with Crippen LogP contribution in [0.25, 0.3) is 11.1 Å². The second-order valence-corrected chi connectivity index (χ2v) is 4.11. The van der Waals surface area contributed by atoms with E-state index >= 15 is 0 Å². The number of hydrogen-bond acceptors (Lipinski definition) is 3. The third kappa shape index (κ3) is 2.20. The fourth-order valence-electron chi connectivity index (χ4n) is 1.98. The summed E-state index contributed by atoms with van der Waals surface area (Å²) in [7, 11) is 1.39. The highest BCUT2D eigenvalue weighted by Gasteiger charge is 2.14. The summed E-state index contributed by atoms with van der Waals surface area (Å²) in [4.78, 5) is 11.8. The first kappa shape index (κ1) is 12.2. The van der Waals surface area contributed by atoms with E-state index in [9.17, 15) is 4.79 Å². The van der Waals surface area contributed by atoms with Crippen LogP contribution in [0.4, 0.5) is 5.69 Å². The third-order valence-corrected chi connectivity index (χ3v) is 2.88. The lowest BCUT2D eigenvalue weighted by Crippen LogP contribution is -2.04. The molecule has 18 heavy (non-hydrogen) atoms. The van der Waals surface area contributed by atoms with Gasteiger partial charge in [-0.25, -0.2) is 4.79 Å². The van der Waals surface area contributed by atoms with Gasteiger partial charge in [0.25, 0.3) is 0 Å². The molecule has 0 heterocycles. The van der Waals surface area contributed by atoms with Crippen molar-refractivity contribution in [2.45, 2.75) is 6.92 Å². The van der Waals surface area contributed by atoms with Gasteiger partial charge in [-0.05, 0) is 41.8 Å². The molecule has 0 aliphatic rings. The van der Waals surface area contributed by atoms with Crippen molar-refractivity contribution < 1.29 is 9.53 Å². The van der Waals surface area contributed by atoms with Crippen molar-refractivity contribution in [3.8, 4) is 11.1 Å². The predicted octanol–water partition coefficient (Wildman–Crippen LogP) is 3.03. The van der Waals surface area contributed by atoms with Gasteiger partial charge in [0, 0.05) is 5.69 Å². The number of benzene rings is 2. The van der Waals surface area contributed by atoms with Gasteiger partial charge in [0.05, 0.1) is 12.7 Å². The highest BCUT2D eigenvalue weighted by Crippen LogP contribution is 2.28. The van der Waals surface area contributed by atoms with Gasteiger partial charge in [-0.1, -0.05) is 24.3 Å². The van der Waals surface area contributed by atoms with Gasteiger partial charge in [0.1, 0.15) is 0 Å². The fraction of sp³-hybridized carbons (Fsp3) is 0.133. The molecule has 0 bridgehead atoms. The quantitative estimate of drug-likeness (QED) is 0.649. The van der Waals surface area contributed by atoms with Crippen LogP contribution in [0.3, 0.4) is 0 Å². The highest BCUT2D eigenvalue weighted by atomic mass is 16.5. The second-order valence-electron chi connectivity index (χ2n) is 4.11. The van der Waals surface area contributed by atoms with Crippen LogP contribution >= 0.6 is 0 Å². The van der Waals surface area contributed by atoms with E-state index < -0.39 is 0 Å². The highest BCUT2D eigenvalue weighted by molar-refractivity contribution is 5.98. The molecule has 0 fully saturated rings. The largest absolute Gasteiger partial charge is 0.465 e. The SMILES string of the molecule is COC(=O)c1cccc(C)c1-c1ccc(N)cc1. The van der Waals surface area contributed by atoms with E-state index in [-0.39, 0.29) is 5.97 Å². The number of hydrogen-bond donors (Lipinski definition) is 1. The average Bonchev–Trinajstić information content (AvgIpc) is 2.39. The molecule has 0 aliphatic heterocycles. The van der Waals surface area contributed by atoms with Crippen molar-refractivity contribution >= 4 is 11.7 Å². The molecule has 2 N–H and O–H groups in total. The van der Waals surface area contributed by atoms with Crippen molar-refractivity contribution in [2.75, 3.05) is 12.8 Å². The first-order chi connectivity index (χ1) is 8.63. The van der Waals surface area contributed by atoms with Gasteiger partial charge in [-0.15, -0.1) is 0 Å². The Balaban J connectivity index is 2.62. The Morgan fingerprint density at radius 2 is 1.78 bits per heavy atom. The summed E-state index contributed by atoms with van der Waals surface area (Å²) < 4.78 is 4.81. The molecule has 0 atom stereocenters. The minimum atomic E-state index is -0.328. The molecule has 0 aromatic heterocycles. The summed E-state index contributed by atoms with van der Waals surface area (Å²) in [6, 6.07) is 13.0. The molecule has 0 radical (unpaired) electrons. The second kappa shape index (κ2) is 4.92. The van der Waals surface area contributed by atoms with Crippen molar-refractivity contribution in [1.82, 2.24) is 0 Å². The molecule has 2 rings (SSSR count). The summed E-state index contributed by atoms with van der Waals surface area (Å²) >= 11 is 0. The molecule has 92 valence electrons. The van der Waals surface area contributed by atoms with Gasteiger partial charge < -0.3 is 10.5 Å². The molecule has 3 nitrogen and oxygen atoms in total. The molecule has 0 saturated carbocycles. The first-order valence-electron chi connectivity index (χ1n) is 5.67. The minimum absolute atomic E-state index is 0.328. The number of anilines is 1. The lowest BCUT2D eigenvalue weighted by molar-refractivity contribution is 0.0601. The molecule has 0 spiro atoms. The Morgan fingerprint density at radius 1 is 1.11 bits per heavy atom. The number of rotatable bonds is 2. The van der Waals surface area contributed by atoms with Crippen LogP contribution < -0.4 is 5.73 Å². The zero-order chi connectivity index (χ0) is 13.1. The zero-order valence-electron chi connectivity index (χ0n) is 10.4. The number of nitrogens with two attached hydrogens (primary N) is 1. The lowest BCUT2D eigenvalue weighted by Gasteiger charge is -2.11. The Bertz CT molecular complexity index is 574. The van der Waals surface area contributed by atoms with Crippen molar-refractivity contribution in [3.63, 3.8) is 0 Å². The smallest absolute Gasteiger partial charge is 0.338 e. The topological polar surface area (TPSA) is 52.3 Å². The van der Waals surface area contributed by atoms with E-state index in [0.717, 1.165) is 16.7 Å². The van der Waals surface area contributed by atoms with Crippen LogP contribution in [0.2, 0.25) is 0 Å². The van der Waals surface area contributed by atoms with Crippen molar-refractivity contribution in [3.05, 3.63) is 53.6 Å². The predicted molar refractivity (Wildman–Crippen MR) is 72.4 cm³/mol. The van der Waals surface area contributed by atoms with E-state index in [1.165, 1.54) is 7.11 Å². The fourth-order valence-corrected chi connectivity index (χ4v) is 1.98. The molecule has 0 unspecified atom stereocenters.